The van der Waals surface area contributed by atoms with Crippen molar-refractivity contribution in [1.82, 2.24) is 9.47 Å². The van der Waals surface area contributed by atoms with Crippen molar-refractivity contribution >= 4 is 21.7 Å². The number of pyridine rings is 1. The van der Waals surface area contributed by atoms with Gasteiger partial charge in [0.15, 0.2) is 9.84 Å². The van der Waals surface area contributed by atoms with Crippen molar-refractivity contribution in [1.29, 1.82) is 0 Å². The smallest absolute Gasteiger partial charge is 0.270 e. The Morgan fingerprint density at radius 3 is 2.40 bits per heavy atom. The van der Waals surface area contributed by atoms with Gasteiger partial charge in [0.05, 0.1) is 16.0 Å². The Kier molecular flexibility index (Phi) is 3.22. The highest BCUT2D eigenvalue weighted by molar-refractivity contribution is 7.94. The molecule has 8 nitrogen and oxygen atoms in total. The van der Waals surface area contributed by atoms with Gasteiger partial charge < -0.3 is 15.2 Å². The molecule has 1 aliphatic heterocycles. The second kappa shape index (κ2) is 4.94. The third-order valence-corrected chi connectivity index (χ3v) is 8.84. The zero-order chi connectivity index (χ0) is 18.1. The van der Waals surface area contributed by atoms with Gasteiger partial charge in [-0.25, -0.2) is 8.42 Å². The van der Waals surface area contributed by atoms with Gasteiger partial charge in [0.25, 0.3) is 17.4 Å². The highest BCUT2D eigenvalue weighted by Gasteiger charge is 2.65. The van der Waals surface area contributed by atoms with E-state index in [0.717, 1.165) is 0 Å². The number of carbonyl (C=O) groups excluding carboxylic acids is 2. The van der Waals surface area contributed by atoms with Gasteiger partial charge in [-0.15, -0.1) is 0 Å². The Labute approximate surface area is 144 Å². The molecule has 1 aromatic heterocycles. The zero-order valence-electron chi connectivity index (χ0n) is 13.8. The molecule has 2 aliphatic carbocycles. The standard InChI is InChI=1S/C16H19N3O5S/c1-18-12(16(6-7-16)25(23,24)9-2-3-9)8-19-11(15(18)22)5-4-10(13(17)20)14(19)21/h4-5,9,12H,2-3,6-8H2,1H3,(H2,17,20). The maximum absolute atomic E-state index is 12.9. The van der Waals surface area contributed by atoms with Gasteiger partial charge in [0, 0.05) is 13.6 Å². The van der Waals surface area contributed by atoms with Crippen molar-refractivity contribution < 1.29 is 18.0 Å². The number of aromatic nitrogens is 1. The second-order valence-corrected chi connectivity index (χ2v) is 9.72. The third-order valence-electron chi connectivity index (χ3n) is 5.68. The predicted molar refractivity (Wildman–Crippen MR) is 89.0 cm³/mol. The zero-order valence-corrected chi connectivity index (χ0v) is 14.6. The first kappa shape index (κ1) is 16.3. The van der Waals surface area contributed by atoms with Crippen LogP contribution >= 0.6 is 0 Å². The molecular weight excluding hydrogens is 346 g/mol. The molecule has 0 spiro atoms. The van der Waals surface area contributed by atoms with E-state index in [-0.39, 0.29) is 23.1 Å². The molecule has 0 radical (unpaired) electrons. The summed E-state index contributed by atoms with van der Waals surface area (Å²) in [6, 6.07) is 2.03. The minimum atomic E-state index is -3.35. The maximum Gasteiger partial charge on any atom is 0.270 e. The van der Waals surface area contributed by atoms with Crippen molar-refractivity contribution in [2.75, 3.05) is 7.05 Å². The highest BCUT2D eigenvalue weighted by Crippen LogP contribution is 2.54. The molecule has 1 unspecified atom stereocenters. The van der Waals surface area contributed by atoms with Gasteiger partial charge in [-0.2, -0.15) is 0 Å². The van der Waals surface area contributed by atoms with Crippen molar-refractivity contribution in [2.45, 2.75) is 48.3 Å². The number of hydrogen-bond acceptors (Lipinski definition) is 5. The maximum atomic E-state index is 12.9. The lowest BCUT2D eigenvalue weighted by molar-refractivity contribution is 0.0635. The van der Waals surface area contributed by atoms with Crippen LogP contribution in [0.5, 0.6) is 0 Å². The average Bonchev–Trinajstić information content (AvgIpc) is 3.43. The van der Waals surface area contributed by atoms with Gasteiger partial charge >= 0.3 is 0 Å². The number of amides is 2. The third kappa shape index (κ3) is 2.11. The van der Waals surface area contributed by atoms with E-state index in [0.29, 0.717) is 25.7 Å². The molecule has 0 aromatic carbocycles. The van der Waals surface area contributed by atoms with Crippen LogP contribution in [0.25, 0.3) is 0 Å². The van der Waals surface area contributed by atoms with Crippen molar-refractivity contribution in [3.05, 3.63) is 33.7 Å². The molecule has 2 saturated carbocycles. The molecule has 3 aliphatic rings. The van der Waals surface area contributed by atoms with Crippen LogP contribution in [0.15, 0.2) is 16.9 Å². The molecule has 2 heterocycles. The lowest BCUT2D eigenvalue weighted by Gasteiger charge is -2.39. The highest BCUT2D eigenvalue weighted by atomic mass is 32.2. The first-order chi connectivity index (χ1) is 11.7. The van der Waals surface area contributed by atoms with Crippen LogP contribution in [0, 0.1) is 0 Å². The van der Waals surface area contributed by atoms with E-state index >= 15 is 0 Å². The van der Waals surface area contributed by atoms with E-state index in [4.69, 9.17) is 5.73 Å². The van der Waals surface area contributed by atoms with Crippen molar-refractivity contribution in [3.63, 3.8) is 0 Å². The molecule has 9 heteroatoms. The van der Waals surface area contributed by atoms with Gasteiger partial charge in [0.2, 0.25) is 0 Å². The number of nitrogens with two attached hydrogens (primary N) is 1. The van der Waals surface area contributed by atoms with Crippen molar-refractivity contribution in [2.24, 2.45) is 5.73 Å². The van der Waals surface area contributed by atoms with Gasteiger partial charge in [-0.3, -0.25) is 14.4 Å². The molecule has 25 heavy (non-hydrogen) atoms. The Bertz CT molecular complexity index is 956. The summed E-state index contributed by atoms with van der Waals surface area (Å²) in [6.07, 6.45) is 2.31. The number of carbonyl (C=O) groups is 2. The van der Waals surface area contributed by atoms with E-state index in [1.54, 1.807) is 7.05 Å². The normalized spacial score (nSPS) is 24.8. The fraction of sp³-hybridized carbons (Fsp3) is 0.562. The average molecular weight is 365 g/mol. The van der Waals surface area contributed by atoms with Crippen LogP contribution in [0.4, 0.5) is 0 Å². The predicted octanol–water partition coefficient (Wildman–Crippen LogP) is -0.489. The molecule has 0 saturated heterocycles. The summed E-state index contributed by atoms with van der Waals surface area (Å²) >= 11 is 0. The van der Waals surface area contributed by atoms with Crippen LogP contribution in [-0.4, -0.2) is 52.8 Å². The Morgan fingerprint density at radius 2 is 1.88 bits per heavy atom. The summed E-state index contributed by atoms with van der Waals surface area (Å²) in [7, 11) is -1.78. The van der Waals surface area contributed by atoms with E-state index in [9.17, 15) is 22.8 Å². The van der Waals surface area contributed by atoms with E-state index < -0.39 is 38.0 Å². The minimum Gasteiger partial charge on any atom is -0.365 e. The van der Waals surface area contributed by atoms with Crippen molar-refractivity contribution in [3.8, 4) is 0 Å². The number of fused-ring (bicyclic) bond motifs is 1. The molecule has 134 valence electrons. The van der Waals surface area contributed by atoms with Gasteiger partial charge in [0.1, 0.15) is 11.3 Å². The molecule has 2 fully saturated rings. The van der Waals surface area contributed by atoms with Crippen LogP contribution in [0.1, 0.15) is 46.5 Å². The largest absolute Gasteiger partial charge is 0.365 e. The summed E-state index contributed by atoms with van der Waals surface area (Å²) in [5.74, 6) is -1.28. The Balaban J connectivity index is 1.82. The fourth-order valence-corrected chi connectivity index (χ4v) is 6.62. The Morgan fingerprint density at radius 1 is 1.24 bits per heavy atom. The van der Waals surface area contributed by atoms with Gasteiger partial charge in [-0.1, -0.05) is 0 Å². The molecule has 0 bridgehead atoms. The quantitative estimate of drug-likeness (QED) is 0.772. The van der Waals surface area contributed by atoms with Crippen LogP contribution in [-0.2, 0) is 16.4 Å². The fourth-order valence-electron chi connectivity index (χ4n) is 3.91. The topological polar surface area (TPSA) is 120 Å². The summed E-state index contributed by atoms with van der Waals surface area (Å²) in [5, 5.41) is -0.325. The number of primary amides is 1. The van der Waals surface area contributed by atoms with Crippen LogP contribution in [0.2, 0.25) is 0 Å². The monoisotopic (exact) mass is 365 g/mol. The number of nitrogens with zero attached hydrogens (tertiary/aromatic N) is 2. The molecular formula is C16H19N3O5S. The lowest BCUT2D eigenvalue weighted by atomic mass is 10.1. The Hall–Kier alpha value is -2.16. The number of sulfone groups is 1. The first-order valence-electron chi connectivity index (χ1n) is 8.25. The van der Waals surface area contributed by atoms with E-state index in [1.165, 1.54) is 21.6 Å². The molecule has 1 atom stereocenters. The first-order valence-corrected chi connectivity index (χ1v) is 9.79. The second-order valence-electron chi connectivity index (χ2n) is 7.15. The minimum absolute atomic E-state index is 0.0590. The number of likely N-dealkylation sites (N-methyl/N-ethyl adjacent to an activating group) is 1. The van der Waals surface area contributed by atoms with E-state index in [2.05, 4.69) is 0 Å². The van der Waals surface area contributed by atoms with Gasteiger partial charge in [-0.05, 0) is 37.8 Å². The summed E-state index contributed by atoms with van der Waals surface area (Å²) in [4.78, 5) is 38.1. The molecule has 1 aromatic rings. The summed E-state index contributed by atoms with van der Waals surface area (Å²) in [6.45, 7) is 0.0590. The molecule has 2 N–H and O–H groups in total. The summed E-state index contributed by atoms with van der Waals surface area (Å²) in [5.41, 5.74) is 4.52. The lowest BCUT2D eigenvalue weighted by Crippen LogP contribution is -2.58. The SMILES string of the molecule is CN1C(=O)c2ccc(C(N)=O)c(=O)n2CC1C1(S(=O)(=O)C2CC2)CC1. The summed E-state index contributed by atoms with van der Waals surface area (Å²) < 4.78 is 26.0. The van der Waals surface area contributed by atoms with Crippen LogP contribution in [0.3, 0.4) is 0 Å². The van der Waals surface area contributed by atoms with Crippen LogP contribution < -0.4 is 11.3 Å². The number of rotatable bonds is 4. The van der Waals surface area contributed by atoms with E-state index in [1.807, 2.05) is 0 Å². The molecule has 4 rings (SSSR count). The number of hydrogen-bond donors (Lipinski definition) is 1. The molecule has 2 amide bonds.